The minimum atomic E-state index is -0.700. The molecular weight excluding hydrogens is 360 g/mol. The number of anilines is 3. The summed E-state index contributed by atoms with van der Waals surface area (Å²) in [7, 11) is 4.03. The van der Waals surface area contributed by atoms with Gasteiger partial charge in [-0.2, -0.15) is 4.98 Å². The normalized spacial score (nSPS) is 10.9. The Morgan fingerprint density at radius 3 is 2.32 bits per heavy atom. The molecule has 2 N–H and O–H groups in total. The molecule has 0 fully saturated rings. The van der Waals surface area contributed by atoms with Gasteiger partial charge >= 0.3 is 0 Å². The Morgan fingerprint density at radius 2 is 1.64 bits per heavy atom. The van der Waals surface area contributed by atoms with Crippen molar-refractivity contribution in [1.82, 2.24) is 14.9 Å². The molecule has 7 heteroatoms. The molecule has 0 spiro atoms. The second kappa shape index (κ2) is 9.23. The summed E-state index contributed by atoms with van der Waals surface area (Å²) in [6.45, 7) is 1.66. The molecule has 0 radical (unpaired) electrons. The fraction of sp³-hybridized carbons (Fsp3) is 0.238. The van der Waals surface area contributed by atoms with Crippen molar-refractivity contribution < 1.29 is 8.78 Å². The molecule has 1 heterocycles. The van der Waals surface area contributed by atoms with Gasteiger partial charge in [-0.25, -0.2) is 13.8 Å². The Balaban J connectivity index is 1.89. The highest BCUT2D eigenvalue weighted by molar-refractivity contribution is 5.66. The summed E-state index contributed by atoms with van der Waals surface area (Å²) < 4.78 is 28.0. The van der Waals surface area contributed by atoms with Crippen LogP contribution in [0.3, 0.4) is 0 Å². The molecule has 146 valence electrons. The molecule has 0 amide bonds. The maximum atomic E-state index is 14.0. The van der Waals surface area contributed by atoms with E-state index >= 15 is 0 Å². The quantitative estimate of drug-likeness (QED) is 0.560. The molecule has 0 unspecified atom stereocenters. The summed E-state index contributed by atoms with van der Waals surface area (Å²) >= 11 is 0. The van der Waals surface area contributed by atoms with Crippen LogP contribution in [0.2, 0.25) is 0 Å². The van der Waals surface area contributed by atoms with Crippen LogP contribution in [0, 0.1) is 11.6 Å². The fourth-order valence-corrected chi connectivity index (χ4v) is 2.69. The van der Waals surface area contributed by atoms with Crippen LogP contribution < -0.4 is 10.6 Å². The molecule has 0 saturated carbocycles. The zero-order chi connectivity index (χ0) is 19.9. The molecule has 1 aromatic heterocycles. The highest BCUT2D eigenvalue weighted by atomic mass is 19.1. The smallest absolute Gasteiger partial charge is 0.229 e. The number of para-hydroxylation sites is 1. The van der Waals surface area contributed by atoms with Crippen molar-refractivity contribution in [3.63, 3.8) is 0 Å². The molecule has 28 heavy (non-hydrogen) atoms. The molecule has 0 aliphatic carbocycles. The molecule has 3 rings (SSSR count). The number of hydrogen-bond donors (Lipinski definition) is 2. The van der Waals surface area contributed by atoms with Gasteiger partial charge in [0.2, 0.25) is 5.95 Å². The summed E-state index contributed by atoms with van der Waals surface area (Å²) in [6.07, 6.45) is 0.933. The number of hydrogen-bond acceptors (Lipinski definition) is 5. The first-order chi connectivity index (χ1) is 13.5. The molecule has 5 nitrogen and oxygen atoms in total. The summed E-state index contributed by atoms with van der Waals surface area (Å²) in [5.41, 5.74) is 1.27. The van der Waals surface area contributed by atoms with Crippen LogP contribution in [0.1, 0.15) is 6.42 Å². The topological polar surface area (TPSA) is 53.1 Å². The summed E-state index contributed by atoms with van der Waals surface area (Å²) in [4.78, 5) is 10.9. The van der Waals surface area contributed by atoms with Crippen LogP contribution in [-0.2, 0) is 0 Å². The van der Waals surface area contributed by atoms with E-state index in [2.05, 4.69) is 25.5 Å². The average Bonchev–Trinajstić information content (AvgIpc) is 2.69. The first-order valence-electron chi connectivity index (χ1n) is 9.07. The van der Waals surface area contributed by atoms with E-state index in [9.17, 15) is 8.78 Å². The van der Waals surface area contributed by atoms with Gasteiger partial charge in [0.25, 0.3) is 0 Å². The Bertz CT molecular complexity index is 896. The average molecular weight is 383 g/mol. The third-order valence-corrected chi connectivity index (χ3v) is 4.08. The lowest BCUT2D eigenvalue weighted by molar-refractivity contribution is 0.405. The lowest BCUT2D eigenvalue weighted by Gasteiger charge is -2.13. The number of benzene rings is 2. The lowest BCUT2D eigenvalue weighted by atomic mass is 10.1. The van der Waals surface area contributed by atoms with E-state index in [0.29, 0.717) is 11.5 Å². The number of aromatic nitrogens is 2. The van der Waals surface area contributed by atoms with Crippen molar-refractivity contribution in [1.29, 1.82) is 0 Å². The van der Waals surface area contributed by atoms with Crippen LogP contribution in [0.4, 0.5) is 26.2 Å². The largest absolute Gasteiger partial charge is 0.370 e. The maximum Gasteiger partial charge on any atom is 0.229 e. The van der Waals surface area contributed by atoms with Crippen LogP contribution in [0.25, 0.3) is 11.3 Å². The van der Waals surface area contributed by atoms with Gasteiger partial charge in [0.15, 0.2) is 0 Å². The van der Waals surface area contributed by atoms with Gasteiger partial charge < -0.3 is 15.5 Å². The first-order valence-corrected chi connectivity index (χ1v) is 9.07. The van der Waals surface area contributed by atoms with Crippen molar-refractivity contribution >= 4 is 17.5 Å². The Morgan fingerprint density at radius 1 is 0.929 bits per heavy atom. The summed E-state index contributed by atoms with van der Waals surface area (Å²) in [6, 6.07) is 15.1. The van der Waals surface area contributed by atoms with E-state index in [0.717, 1.165) is 25.1 Å². The van der Waals surface area contributed by atoms with Crippen molar-refractivity contribution in [2.75, 3.05) is 37.8 Å². The van der Waals surface area contributed by atoms with Gasteiger partial charge in [-0.15, -0.1) is 0 Å². The third kappa shape index (κ3) is 5.23. The van der Waals surface area contributed by atoms with E-state index in [1.807, 2.05) is 50.5 Å². The van der Waals surface area contributed by atoms with Gasteiger partial charge in [0, 0.05) is 18.2 Å². The second-order valence-corrected chi connectivity index (χ2v) is 6.63. The van der Waals surface area contributed by atoms with E-state index in [4.69, 9.17) is 0 Å². The van der Waals surface area contributed by atoms with Crippen LogP contribution in [0.5, 0.6) is 0 Å². The van der Waals surface area contributed by atoms with Gasteiger partial charge in [0.05, 0.1) is 5.69 Å². The Hall–Kier alpha value is -3.06. The van der Waals surface area contributed by atoms with E-state index in [1.54, 1.807) is 0 Å². The molecule has 0 aliphatic rings. The van der Waals surface area contributed by atoms with Crippen molar-refractivity contribution in [3.8, 4) is 11.3 Å². The zero-order valence-electron chi connectivity index (χ0n) is 15.9. The Kier molecular flexibility index (Phi) is 6.49. The van der Waals surface area contributed by atoms with Crippen LogP contribution in [-0.4, -0.2) is 42.1 Å². The van der Waals surface area contributed by atoms with Crippen molar-refractivity contribution in [2.45, 2.75) is 6.42 Å². The summed E-state index contributed by atoms with van der Waals surface area (Å²) in [5.74, 6) is -0.685. The molecular formula is C21H23F2N5. The molecule has 0 atom stereocenters. The SMILES string of the molecule is CN(C)CCCNc1cc(-c2ccccc2)nc(Nc2c(F)cccc2F)n1. The molecule has 0 saturated heterocycles. The maximum absolute atomic E-state index is 14.0. The molecule has 0 aliphatic heterocycles. The predicted octanol–water partition coefficient (Wildman–Crippen LogP) is 4.53. The number of rotatable bonds is 8. The zero-order valence-corrected chi connectivity index (χ0v) is 15.9. The summed E-state index contributed by atoms with van der Waals surface area (Å²) in [5, 5.41) is 5.94. The molecule has 0 bridgehead atoms. The van der Waals surface area contributed by atoms with Crippen molar-refractivity contribution in [3.05, 3.63) is 66.2 Å². The van der Waals surface area contributed by atoms with Gasteiger partial charge in [-0.3, -0.25) is 0 Å². The van der Waals surface area contributed by atoms with Crippen LogP contribution >= 0.6 is 0 Å². The highest BCUT2D eigenvalue weighted by Crippen LogP contribution is 2.25. The van der Waals surface area contributed by atoms with E-state index < -0.39 is 11.6 Å². The minimum Gasteiger partial charge on any atom is -0.370 e. The third-order valence-electron chi connectivity index (χ3n) is 4.08. The fourth-order valence-electron chi connectivity index (χ4n) is 2.69. The van der Waals surface area contributed by atoms with Gasteiger partial charge in [-0.1, -0.05) is 36.4 Å². The van der Waals surface area contributed by atoms with E-state index in [1.165, 1.54) is 18.2 Å². The monoisotopic (exact) mass is 383 g/mol. The Labute approximate surface area is 163 Å². The number of halogens is 2. The highest BCUT2D eigenvalue weighted by Gasteiger charge is 2.12. The van der Waals surface area contributed by atoms with Crippen LogP contribution in [0.15, 0.2) is 54.6 Å². The number of nitrogens with zero attached hydrogens (tertiary/aromatic N) is 3. The number of nitrogens with one attached hydrogen (secondary N) is 2. The van der Waals surface area contributed by atoms with Crippen molar-refractivity contribution in [2.24, 2.45) is 0 Å². The van der Waals surface area contributed by atoms with Gasteiger partial charge in [0.1, 0.15) is 23.1 Å². The second-order valence-electron chi connectivity index (χ2n) is 6.63. The molecule has 2 aromatic carbocycles. The lowest BCUT2D eigenvalue weighted by Crippen LogP contribution is -2.17. The first kappa shape index (κ1) is 19.7. The van der Waals surface area contributed by atoms with E-state index in [-0.39, 0.29) is 11.6 Å². The molecule has 3 aromatic rings. The minimum absolute atomic E-state index is 0.125. The standard InChI is InChI=1S/C21H23F2N5/c1-28(2)13-7-12-24-19-14-18(15-8-4-3-5-9-15)25-21(26-19)27-20-16(22)10-6-11-17(20)23/h3-6,8-11,14H,7,12-13H2,1-2H3,(H2,24,25,26,27). The predicted molar refractivity (Wildman–Crippen MR) is 109 cm³/mol. The van der Waals surface area contributed by atoms with Gasteiger partial charge in [-0.05, 0) is 39.2 Å².